The van der Waals surface area contributed by atoms with Crippen LogP contribution >= 0.6 is 0 Å². The summed E-state index contributed by atoms with van der Waals surface area (Å²) in [4.78, 5) is 4.36. The minimum atomic E-state index is 0.663. The van der Waals surface area contributed by atoms with Gasteiger partial charge in [-0.25, -0.2) is 0 Å². The van der Waals surface area contributed by atoms with Crippen molar-refractivity contribution in [3.63, 3.8) is 0 Å². The van der Waals surface area contributed by atoms with E-state index < -0.39 is 0 Å². The van der Waals surface area contributed by atoms with Crippen molar-refractivity contribution < 1.29 is 4.52 Å². The molecule has 0 amide bonds. The third-order valence-corrected chi connectivity index (χ3v) is 2.54. The van der Waals surface area contributed by atoms with Crippen LogP contribution in [0.2, 0.25) is 0 Å². The number of nitrogens with zero attached hydrogens (tertiary/aromatic N) is 2. The molecular weight excluding hydrogens is 214 g/mol. The van der Waals surface area contributed by atoms with E-state index in [1.807, 2.05) is 24.3 Å². The van der Waals surface area contributed by atoms with Crippen LogP contribution in [0.15, 0.2) is 28.8 Å². The van der Waals surface area contributed by atoms with Gasteiger partial charge >= 0.3 is 0 Å². The second-order valence-electron chi connectivity index (χ2n) is 3.98. The van der Waals surface area contributed by atoms with Crippen LogP contribution in [-0.4, -0.2) is 23.2 Å². The zero-order valence-electron chi connectivity index (χ0n) is 10.2. The maximum atomic E-state index is 5.19. The van der Waals surface area contributed by atoms with E-state index in [-0.39, 0.29) is 0 Å². The monoisotopic (exact) mass is 231 g/mol. The van der Waals surface area contributed by atoms with E-state index in [0.717, 1.165) is 25.1 Å². The van der Waals surface area contributed by atoms with Crippen molar-refractivity contribution in [2.75, 3.05) is 13.1 Å². The molecule has 0 bridgehead atoms. The number of rotatable bonds is 5. The number of likely N-dealkylation sites (N-methyl/N-ethyl adjacent to an activating group) is 1. The average Bonchev–Trinajstić information content (AvgIpc) is 2.79. The van der Waals surface area contributed by atoms with Gasteiger partial charge in [-0.15, -0.1) is 0 Å². The fourth-order valence-corrected chi connectivity index (χ4v) is 1.55. The molecule has 0 saturated carbocycles. The fraction of sp³-hybridized carbons (Fsp3) is 0.385. The molecule has 0 aliphatic heterocycles. The number of aryl methyl sites for hydroxylation is 1. The molecule has 0 spiro atoms. The van der Waals surface area contributed by atoms with Gasteiger partial charge in [-0.2, -0.15) is 4.98 Å². The molecule has 1 aromatic carbocycles. The third kappa shape index (κ3) is 3.14. The summed E-state index contributed by atoms with van der Waals surface area (Å²) in [5, 5.41) is 7.21. The summed E-state index contributed by atoms with van der Waals surface area (Å²) < 4.78 is 5.19. The molecule has 0 radical (unpaired) electrons. The molecule has 0 aliphatic carbocycles. The molecule has 0 saturated heterocycles. The molecule has 2 rings (SSSR count). The van der Waals surface area contributed by atoms with E-state index in [4.69, 9.17) is 4.52 Å². The van der Waals surface area contributed by atoms with E-state index in [1.54, 1.807) is 0 Å². The van der Waals surface area contributed by atoms with Crippen LogP contribution in [0.1, 0.15) is 18.4 Å². The molecule has 1 heterocycles. The first-order chi connectivity index (χ1) is 8.29. The number of hydrogen-bond acceptors (Lipinski definition) is 4. The van der Waals surface area contributed by atoms with Crippen molar-refractivity contribution in [1.29, 1.82) is 0 Å². The summed E-state index contributed by atoms with van der Waals surface area (Å²) in [6, 6.07) is 8.11. The minimum absolute atomic E-state index is 0.663. The van der Waals surface area contributed by atoms with Crippen molar-refractivity contribution >= 4 is 0 Å². The molecule has 1 N–H and O–H groups in total. The smallest absolute Gasteiger partial charge is 0.228 e. The highest BCUT2D eigenvalue weighted by molar-refractivity contribution is 5.54. The molecule has 0 fully saturated rings. The average molecular weight is 231 g/mol. The number of nitrogens with one attached hydrogen (secondary N) is 1. The molecule has 17 heavy (non-hydrogen) atoms. The first kappa shape index (κ1) is 11.8. The van der Waals surface area contributed by atoms with Crippen LogP contribution in [-0.2, 0) is 6.42 Å². The van der Waals surface area contributed by atoms with Gasteiger partial charge in [0, 0.05) is 18.5 Å². The van der Waals surface area contributed by atoms with Gasteiger partial charge in [0.25, 0.3) is 0 Å². The number of benzene rings is 1. The highest BCUT2D eigenvalue weighted by atomic mass is 16.5. The lowest BCUT2D eigenvalue weighted by Crippen LogP contribution is -2.16. The van der Waals surface area contributed by atoms with Gasteiger partial charge in [0.05, 0.1) is 0 Å². The molecule has 4 heteroatoms. The number of hydrogen-bond donors (Lipinski definition) is 1. The largest absolute Gasteiger partial charge is 0.339 e. The van der Waals surface area contributed by atoms with Crippen molar-refractivity contribution in [2.45, 2.75) is 20.3 Å². The maximum absolute atomic E-state index is 5.19. The Morgan fingerprint density at radius 1 is 1.24 bits per heavy atom. The highest BCUT2D eigenvalue weighted by Crippen LogP contribution is 2.16. The molecule has 0 unspecified atom stereocenters. The summed E-state index contributed by atoms with van der Waals surface area (Å²) >= 11 is 0. The Balaban J connectivity index is 2.04. The number of aromatic nitrogens is 2. The molecule has 0 aliphatic rings. The summed E-state index contributed by atoms with van der Waals surface area (Å²) in [6.07, 6.45) is 0.771. The Morgan fingerprint density at radius 2 is 2.00 bits per heavy atom. The van der Waals surface area contributed by atoms with Crippen LogP contribution in [0, 0.1) is 6.92 Å². The fourth-order valence-electron chi connectivity index (χ4n) is 1.55. The first-order valence-electron chi connectivity index (χ1n) is 5.90. The Labute approximate surface area is 101 Å². The van der Waals surface area contributed by atoms with Gasteiger partial charge in [0.1, 0.15) is 0 Å². The van der Waals surface area contributed by atoms with Crippen LogP contribution in [0.25, 0.3) is 11.4 Å². The summed E-state index contributed by atoms with van der Waals surface area (Å²) in [5.41, 5.74) is 2.22. The third-order valence-electron chi connectivity index (χ3n) is 2.54. The lowest BCUT2D eigenvalue weighted by molar-refractivity contribution is 0.377. The minimum Gasteiger partial charge on any atom is -0.339 e. The SMILES string of the molecule is CCNCCc1nc(-c2ccc(C)cc2)no1. The molecular formula is C13H17N3O. The molecule has 1 aromatic heterocycles. The Bertz CT molecular complexity index is 462. The summed E-state index contributed by atoms with van der Waals surface area (Å²) in [6.45, 7) is 5.96. The van der Waals surface area contributed by atoms with Gasteiger partial charge in [0.15, 0.2) is 0 Å². The Morgan fingerprint density at radius 3 is 2.71 bits per heavy atom. The topological polar surface area (TPSA) is 51.0 Å². The second kappa shape index (κ2) is 5.59. The van der Waals surface area contributed by atoms with Gasteiger partial charge < -0.3 is 9.84 Å². The Hall–Kier alpha value is -1.68. The van der Waals surface area contributed by atoms with Gasteiger partial charge in [-0.05, 0) is 13.5 Å². The first-order valence-corrected chi connectivity index (χ1v) is 5.90. The van der Waals surface area contributed by atoms with Crippen molar-refractivity contribution in [2.24, 2.45) is 0 Å². The quantitative estimate of drug-likeness (QED) is 0.801. The standard InChI is InChI=1S/C13H17N3O/c1-3-14-9-8-12-15-13(16-17-12)11-6-4-10(2)5-7-11/h4-7,14H,3,8-9H2,1-2H3. The normalized spacial score (nSPS) is 10.7. The van der Waals surface area contributed by atoms with Crippen molar-refractivity contribution in [3.05, 3.63) is 35.7 Å². The highest BCUT2D eigenvalue weighted by Gasteiger charge is 2.07. The van der Waals surface area contributed by atoms with Gasteiger partial charge in [0.2, 0.25) is 11.7 Å². The van der Waals surface area contributed by atoms with Crippen molar-refractivity contribution in [1.82, 2.24) is 15.5 Å². The Kier molecular flexibility index (Phi) is 3.88. The predicted octanol–water partition coefficient (Wildman–Crippen LogP) is 2.20. The lowest BCUT2D eigenvalue weighted by Gasteiger charge is -1.95. The van der Waals surface area contributed by atoms with Crippen molar-refractivity contribution in [3.8, 4) is 11.4 Å². The van der Waals surface area contributed by atoms with Crippen LogP contribution in [0.4, 0.5) is 0 Å². The van der Waals surface area contributed by atoms with E-state index in [1.165, 1.54) is 5.56 Å². The predicted molar refractivity (Wildman–Crippen MR) is 66.7 cm³/mol. The molecule has 4 nitrogen and oxygen atoms in total. The molecule has 90 valence electrons. The summed E-state index contributed by atoms with van der Waals surface area (Å²) in [7, 11) is 0. The van der Waals surface area contributed by atoms with E-state index >= 15 is 0 Å². The van der Waals surface area contributed by atoms with Gasteiger partial charge in [-0.3, -0.25) is 0 Å². The van der Waals surface area contributed by atoms with E-state index in [2.05, 4.69) is 29.3 Å². The summed E-state index contributed by atoms with van der Waals surface area (Å²) in [5.74, 6) is 1.35. The van der Waals surface area contributed by atoms with Crippen LogP contribution in [0.5, 0.6) is 0 Å². The van der Waals surface area contributed by atoms with E-state index in [9.17, 15) is 0 Å². The molecule has 0 atom stereocenters. The van der Waals surface area contributed by atoms with Crippen LogP contribution in [0.3, 0.4) is 0 Å². The van der Waals surface area contributed by atoms with Crippen LogP contribution < -0.4 is 5.32 Å². The lowest BCUT2D eigenvalue weighted by atomic mass is 10.1. The second-order valence-corrected chi connectivity index (χ2v) is 3.98. The zero-order chi connectivity index (χ0) is 12.1. The molecule has 2 aromatic rings. The van der Waals surface area contributed by atoms with Gasteiger partial charge in [-0.1, -0.05) is 41.9 Å². The maximum Gasteiger partial charge on any atom is 0.228 e. The van der Waals surface area contributed by atoms with E-state index in [0.29, 0.717) is 11.7 Å². The zero-order valence-corrected chi connectivity index (χ0v) is 10.2.